The fraction of sp³-hybridized carbons (Fsp3) is 0.500. The van der Waals surface area contributed by atoms with Gasteiger partial charge in [0.2, 0.25) is 0 Å². The molecule has 0 radical (unpaired) electrons. The second kappa shape index (κ2) is 7.71. The molecule has 1 aliphatic carbocycles. The number of rotatable bonds is 5. The number of hydrogen-bond acceptors (Lipinski definition) is 5. The Bertz CT molecular complexity index is 594. The summed E-state index contributed by atoms with van der Waals surface area (Å²) in [7, 11) is 0. The Hall–Kier alpha value is -2.44. The summed E-state index contributed by atoms with van der Waals surface area (Å²) in [6.07, 6.45) is 4.04. The summed E-state index contributed by atoms with van der Waals surface area (Å²) >= 11 is 0. The monoisotopic (exact) mass is 320 g/mol. The van der Waals surface area contributed by atoms with E-state index in [0.717, 1.165) is 31.7 Å². The van der Waals surface area contributed by atoms with Crippen molar-refractivity contribution in [1.82, 2.24) is 5.32 Å². The highest BCUT2D eigenvalue weighted by Crippen LogP contribution is 2.23. The van der Waals surface area contributed by atoms with Gasteiger partial charge in [0.25, 0.3) is 11.6 Å². The molecule has 0 bridgehead atoms. The maximum atomic E-state index is 11.8. The average molecular weight is 320 g/mol. The van der Waals surface area contributed by atoms with Crippen molar-refractivity contribution in [1.29, 1.82) is 0 Å². The maximum Gasteiger partial charge on any atom is 0.338 e. The van der Waals surface area contributed by atoms with Gasteiger partial charge in [0.15, 0.2) is 6.61 Å². The minimum absolute atomic E-state index is 0.0542. The molecule has 0 atom stereocenters. The van der Waals surface area contributed by atoms with Gasteiger partial charge in [-0.05, 0) is 37.7 Å². The van der Waals surface area contributed by atoms with E-state index in [1.165, 1.54) is 18.2 Å². The molecule has 124 valence electrons. The number of esters is 1. The summed E-state index contributed by atoms with van der Waals surface area (Å²) in [5.41, 5.74) is -0.140. The minimum atomic E-state index is -0.749. The van der Waals surface area contributed by atoms with E-state index in [2.05, 4.69) is 12.2 Å². The number of benzene rings is 1. The fourth-order valence-corrected chi connectivity index (χ4v) is 2.63. The molecule has 1 aliphatic rings. The average Bonchev–Trinajstić information content (AvgIpc) is 2.55. The van der Waals surface area contributed by atoms with Crippen molar-refractivity contribution in [3.8, 4) is 0 Å². The van der Waals surface area contributed by atoms with Gasteiger partial charge in [-0.15, -0.1) is 0 Å². The van der Waals surface area contributed by atoms with Crippen LogP contribution in [0.5, 0.6) is 0 Å². The first kappa shape index (κ1) is 16.9. The lowest BCUT2D eigenvalue weighted by atomic mass is 9.87. The number of nitro groups is 1. The van der Waals surface area contributed by atoms with Gasteiger partial charge in [0, 0.05) is 18.2 Å². The number of nitro benzene ring substituents is 1. The quantitative estimate of drug-likeness (QED) is 0.510. The summed E-state index contributed by atoms with van der Waals surface area (Å²) in [5, 5.41) is 13.5. The zero-order chi connectivity index (χ0) is 16.8. The number of nitrogens with zero attached hydrogens (tertiary/aromatic N) is 1. The number of non-ortho nitro benzene ring substituents is 1. The Labute approximate surface area is 134 Å². The van der Waals surface area contributed by atoms with Crippen molar-refractivity contribution in [3.05, 3.63) is 39.9 Å². The zero-order valence-corrected chi connectivity index (χ0v) is 13.0. The van der Waals surface area contributed by atoms with Crippen LogP contribution in [0.3, 0.4) is 0 Å². The van der Waals surface area contributed by atoms with Crippen LogP contribution in [0, 0.1) is 16.0 Å². The van der Waals surface area contributed by atoms with Crippen molar-refractivity contribution in [2.24, 2.45) is 5.92 Å². The van der Waals surface area contributed by atoms with E-state index in [9.17, 15) is 19.7 Å². The molecule has 1 aromatic carbocycles. The summed E-state index contributed by atoms with van der Waals surface area (Å²) < 4.78 is 4.91. The largest absolute Gasteiger partial charge is 0.452 e. The Balaban J connectivity index is 1.80. The second-order valence-electron chi connectivity index (χ2n) is 5.91. The van der Waals surface area contributed by atoms with Crippen LogP contribution in [0.15, 0.2) is 24.3 Å². The molecule has 0 spiro atoms. The normalized spacial score (nSPS) is 20.6. The molecule has 0 aliphatic heterocycles. The van der Waals surface area contributed by atoms with Crippen LogP contribution in [-0.2, 0) is 9.53 Å². The lowest BCUT2D eigenvalue weighted by Gasteiger charge is -2.26. The molecular formula is C16H20N2O5. The highest BCUT2D eigenvalue weighted by molar-refractivity contribution is 5.91. The Morgan fingerprint density at radius 1 is 1.30 bits per heavy atom. The molecule has 0 heterocycles. The number of hydrogen-bond donors (Lipinski definition) is 1. The van der Waals surface area contributed by atoms with Crippen molar-refractivity contribution in [3.63, 3.8) is 0 Å². The van der Waals surface area contributed by atoms with E-state index in [1.807, 2.05) is 0 Å². The van der Waals surface area contributed by atoms with Crippen molar-refractivity contribution in [2.45, 2.75) is 38.6 Å². The number of amides is 1. The van der Waals surface area contributed by atoms with E-state index in [4.69, 9.17) is 4.74 Å². The van der Waals surface area contributed by atoms with Gasteiger partial charge in [-0.1, -0.05) is 13.0 Å². The van der Waals surface area contributed by atoms with E-state index in [0.29, 0.717) is 5.92 Å². The van der Waals surface area contributed by atoms with Gasteiger partial charge < -0.3 is 10.1 Å². The Kier molecular flexibility index (Phi) is 5.67. The first-order chi connectivity index (χ1) is 11.0. The number of nitrogens with one attached hydrogen (secondary N) is 1. The summed E-state index contributed by atoms with van der Waals surface area (Å²) in [4.78, 5) is 33.7. The third kappa shape index (κ3) is 5.05. The van der Waals surface area contributed by atoms with Gasteiger partial charge >= 0.3 is 5.97 Å². The molecular weight excluding hydrogens is 300 g/mol. The van der Waals surface area contributed by atoms with Crippen LogP contribution < -0.4 is 5.32 Å². The smallest absolute Gasteiger partial charge is 0.338 e. The van der Waals surface area contributed by atoms with E-state index >= 15 is 0 Å². The molecule has 1 N–H and O–H groups in total. The molecule has 0 unspecified atom stereocenters. The highest BCUT2D eigenvalue weighted by atomic mass is 16.6. The topological polar surface area (TPSA) is 98.5 Å². The molecule has 1 amide bonds. The second-order valence-corrected chi connectivity index (χ2v) is 5.91. The van der Waals surface area contributed by atoms with Crippen LogP contribution in [-0.4, -0.2) is 29.4 Å². The van der Waals surface area contributed by atoms with Crippen LogP contribution in [0.4, 0.5) is 5.69 Å². The summed E-state index contributed by atoms with van der Waals surface area (Å²) in [6, 6.07) is 5.36. The van der Waals surface area contributed by atoms with Crippen molar-refractivity contribution >= 4 is 17.6 Å². The minimum Gasteiger partial charge on any atom is -0.452 e. The van der Waals surface area contributed by atoms with Crippen LogP contribution >= 0.6 is 0 Å². The van der Waals surface area contributed by atoms with Gasteiger partial charge in [-0.2, -0.15) is 0 Å². The predicted octanol–water partition coefficient (Wildman–Crippen LogP) is 2.45. The molecule has 1 fully saturated rings. The van der Waals surface area contributed by atoms with E-state index in [-0.39, 0.29) is 29.8 Å². The SMILES string of the molecule is CC1CCC(NC(=O)COC(=O)c2cccc([N+](=O)[O-])c2)CC1. The fourth-order valence-electron chi connectivity index (χ4n) is 2.63. The standard InChI is InChI=1S/C16H20N2O5/c1-11-5-7-13(8-6-11)17-15(19)10-23-16(20)12-3-2-4-14(9-12)18(21)22/h2-4,9,11,13H,5-8,10H2,1H3,(H,17,19). The highest BCUT2D eigenvalue weighted by Gasteiger charge is 2.20. The van der Waals surface area contributed by atoms with E-state index in [1.54, 1.807) is 0 Å². The molecule has 0 saturated heterocycles. The Morgan fingerprint density at radius 3 is 2.65 bits per heavy atom. The third-order valence-corrected chi connectivity index (χ3v) is 4.01. The van der Waals surface area contributed by atoms with Crippen LogP contribution in [0.25, 0.3) is 0 Å². The van der Waals surface area contributed by atoms with Crippen LogP contribution in [0.2, 0.25) is 0 Å². The van der Waals surface area contributed by atoms with E-state index < -0.39 is 10.9 Å². The number of carbonyl (C=O) groups is 2. The molecule has 0 aromatic heterocycles. The number of carbonyl (C=O) groups excluding carboxylic acids is 2. The molecule has 1 aromatic rings. The first-order valence-corrected chi connectivity index (χ1v) is 7.66. The van der Waals surface area contributed by atoms with Crippen molar-refractivity contribution in [2.75, 3.05) is 6.61 Å². The van der Waals surface area contributed by atoms with Gasteiger partial charge in [0.05, 0.1) is 10.5 Å². The predicted molar refractivity (Wildman–Crippen MR) is 82.9 cm³/mol. The number of ether oxygens (including phenoxy) is 1. The van der Waals surface area contributed by atoms with Crippen molar-refractivity contribution < 1.29 is 19.2 Å². The Morgan fingerprint density at radius 2 is 2.00 bits per heavy atom. The zero-order valence-electron chi connectivity index (χ0n) is 13.0. The molecule has 7 nitrogen and oxygen atoms in total. The lowest BCUT2D eigenvalue weighted by molar-refractivity contribution is -0.384. The summed E-state index contributed by atoms with van der Waals surface area (Å²) in [6.45, 7) is 1.81. The lowest BCUT2D eigenvalue weighted by Crippen LogP contribution is -2.39. The molecule has 1 saturated carbocycles. The molecule has 23 heavy (non-hydrogen) atoms. The van der Waals surface area contributed by atoms with Crippen LogP contribution in [0.1, 0.15) is 43.0 Å². The first-order valence-electron chi connectivity index (χ1n) is 7.66. The third-order valence-electron chi connectivity index (χ3n) is 4.01. The van der Waals surface area contributed by atoms with Gasteiger partial charge in [0.1, 0.15) is 0 Å². The summed E-state index contributed by atoms with van der Waals surface area (Å²) in [5.74, 6) is -0.403. The molecule has 7 heteroatoms. The molecule has 2 rings (SSSR count). The van der Waals surface area contributed by atoms with Gasteiger partial charge in [-0.25, -0.2) is 4.79 Å². The maximum absolute atomic E-state index is 11.8. The van der Waals surface area contributed by atoms with Gasteiger partial charge in [-0.3, -0.25) is 14.9 Å².